The molecular weight excluding hydrogens is 394 g/mol. The van der Waals surface area contributed by atoms with E-state index in [-0.39, 0.29) is 11.8 Å². The Hall–Kier alpha value is -3.48. The molecule has 0 bridgehead atoms. The van der Waals surface area contributed by atoms with Crippen LogP contribution in [0.2, 0.25) is 0 Å². The molecule has 1 saturated heterocycles. The van der Waals surface area contributed by atoms with Crippen molar-refractivity contribution in [2.24, 2.45) is 0 Å². The first-order valence-electron chi connectivity index (χ1n) is 10.5. The van der Waals surface area contributed by atoms with E-state index in [0.717, 1.165) is 24.5 Å². The van der Waals surface area contributed by atoms with E-state index in [1.165, 1.54) is 4.90 Å². The Morgan fingerprint density at radius 2 is 1.35 bits per heavy atom. The molecule has 2 heterocycles. The molecule has 0 saturated carbocycles. The van der Waals surface area contributed by atoms with Crippen molar-refractivity contribution < 1.29 is 19.1 Å². The number of imide groups is 1. The second kappa shape index (κ2) is 8.71. The van der Waals surface area contributed by atoms with E-state index in [1.807, 2.05) is 60.4 Å². The highest BCUT2D eigenvalue weighted by Gasteiger charge is 2.42. The van der Waals surface area contributed by atoms with Gasteiger partial charge in [-0.25, -0.2) is 0 Å². The van der Waals surface area contributed by atoms with E-state index in [2.05, 4.69) is 4.90 Å². The van der Waals surface area contributed by atoms with Crippen LogP contribution < -0.4 is 14.4 Å². The van der Waals surface area contributed by atoms with Crippen LogP contribution in [-0.2, 0) is 9.59 Å². The van der Waals surface area contributed by atoms with E-state index in [1.54, 1.807) is 14.2 Å². The van der Waals surface area contributed by atoms with Gasteiger partial charge < -0.3 is 19.3 Å². The fraction of sp³-hybridized carbons (Fsp3) is 0.333. The smallest absolute Gasteiger partial charge is 0.277 e. The number of likely N-dealkylation sites (N-methyl/N-ethyl adjacent to an activating group) is 1. The van der Waals surface area contributed by atoms with Gasteiger partial charge in [0.25, 0.3) is 11.8 Å². The molecule has 1 fully saturated rings. The number of hydrogen-bond donors (Lipinski definition) is 0. The molecule has 2 aromatic carbocycles. The summed E-state index contributed by atoms with van der Waals surface area (Å²) in [5.41, 5.74) is 2.58. The maximum Gasteiger partial charge on any atom is 0.277 e. The molecule has 0 radical (unpaired) electrons. The van der Waals surface area contributed by atoms with Gasteiger partial charge in [0.15, 0.2) is 0 Å². The molecule has 0 aliphatic carbocycles. The third-order valence-corrected chi connectivity index (χ3v) is 5.86. The van der Waals surface area contributed by atoms with Crippen LogP contribution in [0.25, 0.3) is 5.57 Å². The molecule has 2 aliphatic heterocycles. The second-order valence-electron chi connectivity index (χ2n) is 7.42. The van der Waals surface area contributed by atoms with Crippen molar-refractivity contribution in [3.8, 4) is 11.5 Å². The van der Waals surface area contributed by atoms with Gasteiger partial charge in [0.1, 0.15) is 17.2 Å². The van der Waals surface area contributed by atoms with Crippen LogP contribution in [0.15, 0.2) is 54.2 Å². The number of methoxy groups -OCH3 is 2. The molecule has 0 unspecified atom stereocenters. The number of amides is 2. The minimum absolute atomic E-state index is 0.237. The first-order chi connectivity index (χ1) is 15.1. The number of rotatable bonds is 6. The lowest BCUT2D eigenvalue weighted by Gasteiger charge is -2.38. The summed E-state index contributed by atoms with van der Waals surface area (Å²) in [4.78, 5) is 32.0. The summed E-state index contributed by atoms with van der Waals surface area (Å²) in [5, 5.41) is 0. The van der Waals surface area contributed by atoms with Crippen LogP contribution in [0.5, 0.6) is 11.5 Å². The molecule has 0 atom stereocenters. The standard InChI is InChI=1S/C24H27N3O4/c1-4-27-23(28)21(17-9-5-7-11-19(17)30-2)22(24(27)29)26-15-13-25(14-16-26)18-10-6-8-12-20(18)31-3/h5-12H,4,13-16H2,1-3H3. The molecule has 7 nitrogen and oxygen atoms in total. The average Bonchev–Trinajstić information content (AvgIpc) is 3.08. The average molecular weight is 421 g/mol. The van der Waals surface area contributed by atoms with E-state index in [0.29, 0.717) is 42.2 Å². The summed E-state index contributed by atoms with van der Waals surface area (Å²) in [6.07, 6.45) is 0. The number of nitrogens with zero attached hydrogens (tertiary/aromatic N) is 3. The van der Waals surface area contributed by atoms with E-state index in [4.69, 9.17) is 9.47 Å². The molecule has 0 N–H and O–H groups in total. The molecule has 2 amide bonds. The molecule has 4 rings (SSSR count). The summed E-state index contributed by atoms with van der Waals surface area (Å²) in [7, 11) is 3.24. The van der Waals surface area contributed by atoms with Crippen molar-refractivity contribution in [2.75, 3.05) is 51.8 Å². The monoisotopic (exact) mass is 421 g/mol. The predicted molar refractivity (Wildman–Crippen MR) is 119 cm³/mol. The lowest BCUT2D eigenvalue weighted by Crippen LogP contribution is -2.47. The molecule has 0 spiro atoms. The van der Waals surface area contributed by atoms with Crippen LogP contribution in [-0.4, -0.2) is 68.6 Å². The summed E-state index contributed by atoms with van der Waals surface area (Å²) >= 11 is 0. The number of hydrogen-bond acceptors (Lipinski definition) is 6. The fourth-order valence-corrected chi connectivity index (χ4v) is 4.30. The van der Waals surface area contributed by atoms with Gasteiger partial charge >= 0.3 is 0 Å². The second-order valence-corrected chi connectivity index (χ2v) is 7.42. The Bertz CT molecular complexity index is 1020. The molecule has 2 aliphatic rings. The van der Waals surface area contributed by atoms with Crippen LogP contribution in [0.1, 0.15) is 12.5 Å². The number of piperazine rings is 1. The lowest BCUT2D eigenvalue weighted by atomic mass is 10.0. The van der Waals surface area contributed by atoms with Crippen LogP contribution >= 0.6 is 0 Å². The molecule has 162 valence electrons. The highest BCUT2D eigenvalue weighted by molar-refractivity contribution is 6.36. The van der Waals surface area contributed by atoms with Gasteiger partial charge in [-0.2, -0.15) is 0 Å². The first-order valence-corrected chi connectivity index (χ1v) is 10.5. The summed E-state index contributed by atoms with van der Waals surface area (Å²) in [6.45, 7) is 4.84. The number of benzene rings is 2. The molecular formula is C24H27N3O4. The normalized spacial score (nSPS) is 16.9. The lowest BCUT2D eigenvalue weighted by molar-refractivity contribution is -0.137. The maximum absolute atomic E-state index is 13.2. The third-order valence-electron chi connectivity index (χ3n) is 5.86. The van der Waals surface area contributed by atoms with Crippen molar-refractivity contribution in [1.29, 1.82) is 0 Å². The van der Waals surface area contributed by atoms with E-state index < -0.39 is 0 Å². The van der Waals surface area contributed by atoms with Crippen molar-refractivity contribution >= 4 is 23.1 Å². The zero-order valence-corrected chi connectivity index (χ0v) is 18.1. The van der Waals surface area contributed by atoms with Crippen LogP contribution in [0, 0.1) is 0 Å². The number of ether oxygens (including phenoxy) is 2. The Morgan fingerprint density at radius 3 is 2.00 bits per heavy atom. The minimum atomic E-state index is -0.265. The zero-order chi connectivity index (χ0) is 22.0. The highest BCUT2D eigenvalue weighted by atomic mass is 16.5. The number of carbonyl (C=O) groups is 2. The van der Waals surface area contributed by atoms with Crippen LogP contribution in [0.3, 0.4) is 0 Å². The van der Waals surface area contributed by atoms with Gasteiger partial charge in [0.05, 0.1) is 25.5 Å². The number of para-hydroxylation sites is 3. The van der Waals surface area contributed by atoms with Crippen molar-refractivity contribution in [3.05, 3.63) is 59.8 Å². The molecule has 2 aromatic rings. The van der Waals surface area contributed by atoms with Crippen molar-refractivity contribution in [2.45, 2.75) is 6.92 Å². The highest BCUT2D eigenvalue weighted by Crippen LogP contribution is 2.37. The summed E-state index contributed by atoms with van der Waals surface area (Å²) in [6, 6.07) is 15.3. The predicted octanol–water partition coefficient (Wildman–Crippen LogP) is 2.63. The van der Waals surface area contributed by atoms with Gasteiger partial charge in [-0.1, -0.05) is 30.3 Å². The quantitative estimate of drug-likeness (QED) is 0.669. The molecule has 7 heteroatoms. The first kappa shape index (κ1) is 20.8. The Morgan fingerprint density at radius 1 is 0.774 bits per heavy atom. The maximum atomic E-state index is 13.2. The Labute approximate surface area is 182 Å². The SMILES string of the molecule is CCN1C(=O)C(c2ccccc2OC)=C(N2CCN(c3ccccc3OC)CC2)C1=O. The number of carbonyl (C=O) groups excluding carboxylic acids is 2. The van der Waals surface area contributed by atoms with E-state index in [9.17, 15) is 9.59 Å². The largest absolute Gasteiger partial charge is 0.496 e. The van der Waals surface area contributed by atoms with E-state index >= 15 is 0 Å². The summed E-state index contributed by atoms with van der Waals surface area (Å²) in [5.74, 6) is 0.911. The van der Waals surface area contributed by atoms with Crippen LogP contribution in [0.4, 0.5) is 5.69 Å². The van der Waals surface area contributed by atoms with Gasteiger partial charge in [0.2, 0.25) is 0 Å². The molecule has 0 aromatic heterocycles. The molecule has 31 heavy (non-hydrogen) atoms. The summed E-state index contributed by atoms with van der Waals surface area (Å²) < 4.78 is 11.0. The minimum Gasteiger partial charge on any atom is -0.496 e. The van der Waals surface area contributed by atoms with Gasteiger partial charge in [-0.3, -0.25) is 14.5 Å². The van der Waals surface area contributed by atoms with Gasteiger partial charge in [-0.15, -0.1) is 0 Å². The van der Waals surface area contributed by atoms with Gasteiger partial charge in [0, 0.05) is 38.3 Å². The Balaban J connectivity index is 1.67. The van der Waals surface area contributed by atoms with Gasteiger partial charge in [-0.05, 0) is 25.1 Å². The third kappa shape index (κ3) is 3.60. The van der Waals surface area contributed by atoms with Crippen molar-refractivity contribution in [1.82, 2.24) is 9.80 Å². The van der Waals surface area contributed by atoms with Crippen molar-refractivity contribution in [3.63, 3.8) is 0 Å². The zero-order valence-electron chi connectivity index (χ0n) is 18.1. The topological polar surface area (TPSA) is 62.3 Å². The Kier molecular flexibility index (Phi) is 5.84. The number of anilines is 1. The fourth-order valence-electron chi connectivity index (χ4n) is 4.30.